The van der Waals surface area contributed by atoms with Crippen LogP contribution in [0, 0.1) is 6.92 Å². The second-order valence-corrected chi connectivity index (χ2v) is 7.82. The van der Waals surface area contributed by atoms with Gasteiger partial charge in [-0.2, -0.15) is 0 Å². The first-order valence-corrected chi connectivity index (χ1v) is 10.1. The Morgan fingerprint density at radius 3 is 2.31 bits per heavy atom. The zero-order chi connectivity index (χ0) is 20.4. The lowest BCUT2D eigenvalue weighted by molar-refractivity contribution is 0.102. The molecule has 150 valence electrons. The van der Waals surface area contributed by atoms with Crippen LogP contribution in [-0.2, 0) is 0 Å². The van der Waals surface area contributed by atoms with Crippen LogP contribution in [0.1, 0.15) is 16.1 Å². The number of piperazine rings is 1. The Bertz CT molecular complexity index is 988. The number of hydrogen-bond acceptors (Lipinski definition) is 4. The van der Waals surface area contributed by atoms with E-state index in [0.717, 1.165) is 37.4 Å². The predicted molar refractivity (Wildman–Crippen MR) is 118 cm³/mol. The van der Waals surface area contributed by atoms with E-state index in [9.17, 15) is 4.79 Å². The van der Waals surface area contributed by atoms with Crippen LogP contribution in [0.4, 0.5) is 11.4 Å². The molecule has 0 bridgehead atoms. The van der Waals surface area contributed by atoms with Gasteiger partial charge in [0.2, 0.25) is 0 Å². The number of halogens is 1. The maximum atomic E-state index is 12.7. The lowest BCUT2D eigenvalue weighted by Crippen LogP contribution is -2.44. The Labute approximate surface area is 175 Å². The number of benzene rings is 2. The molecule has 2 heterocycles. The third kappa shape index (κ3) is 4.47. The number of likely N-dealkylation sites (N-methyl/N-ethyl adjacent to an activating group) is 1. The summed E-state index contributed by atoms with van der Waals surface area (Å²) in [6.07, 6.45) is 0. The SMILES string of the molecule is Cc1oc(-c2ccc(Cl)cc2)cc1C(=O)Nc1ccc(N2CCN(C)CC2)cc1. The number of hydrogen-bond donors (Lipinski definition) is 1. The van der Waals surface area contributed by atoms with Gasteiger partial charge in [-0.05, 0) is 68.6 Å². The predicted octanol–water partition coefficient (Wildman–Crippen LogP) is 4.91. The normalized spacial score (nSPS) is 14.8. The van der Waals surface area contributed by atoms with E-state index < -0.39 is 0 Å². The van der Waals surface area contributed by atoms with Crippen molar-refractivity contribution in [2.45, 2.75) is 6.92 Å². The Morgan fingerprint density at radius 1 is 1.00 bits per heavy atom. The molecule has 1 N–H and O–H groups in total. The molecule has 4 rings (SSSR count). The molecule has 1 aromatic heterocycles. The van der Waals surface area contributed by atoms with Crippen molar-refractivity contribution in [3.63, 3.8) is 0 Å². The molecule has 1 fully saturated rings. The van der Waals surface area contributed by atoms with E-state index in [1.807, 2.05) is 24.3 Å². The summed E-state index contributed by atoms with van der Waals surface area (Å²) in [6.45, 7) is 5.96. The van der Waals surface area contributed by atoms with E-state index in [4.69, 9.17) is 16.0 Å². The van der Waals surface area contributed by atoms with Crippen molar-refractivity contribution in [2.75, 3.05) is 43.4 Å². The van der Waals surface area contributed by atoms with E-state index in [1.165, 1.54) is 5.69 Å². The summed E-state index contributed by atoms with van der Waals surface area (Å²) in [5.41, 5.74) is 3.35. The molecular formula is C23H24ClN3O2. The molecule has 0 aliphatic carbocycles. The van der Waals surface area contributed by atoms with Gasteiger partial charge < -0.3 is 19.5 Å². The zero-order valence-electron chi connectivity index (χ0n) is 16.6. The van der Waals surface area contributed by atoms with Gasteiger partial charge in [-0.25, -0.2) is 0 Å². The van der Waals surface area contributed by atoms with Crippen molar-refractivity contribution < 1.29 is 9.21 Å². The number of rotatable bonds is 4. The van der Waals surface area contributed by atoms with Gasteiger partial charge >= 0.3 is 0 Å². The van der Waals surface area contributed by atoms with Crippen molar-refractivity contribution in [2.24, 2.45) is 0 Å². The highest BCUT2D eigenvalue weighted by Crippen LogP contribution is 2.27. The number of furan rings is 1. The molecule has 1 aliphatic rings. The molecule has 0 radical (unpaired) electrons. The molecular weight excluding hydrogens is 386 g/mol. The van der Waals surface area contributed by atoms with Crippen LogP contribution in [0.5, 0.6) is 0 Å². The summed E-state index contributed by atoms with van der Waals surface area (Å²) in [4.78, 5) is 17.4. The van der Waals surface area contributed by atoms with Crippen LogP contribution in [-0.4, -0.2) is 44.0 Å². The van der Waals surface area contributed by atoms with Crippen LogP contribution in [0.2, 0.25) is 5.02 Å². The zero-order valence-corrected chi connectivity index (χ0v) is 17.4. The van der Waals surface area contributed by atoms with Gasteiger partial charge in [0.15, 0.2) is 0 Å². The monoisotopic (exact) mass is 409 g/mol. The minimum absolute atomic E-state index is 0.182. The summed E-state index contributed by atoms with van der Waals surface area (Å²) >= 11 is 5.94. The number of aryl methyl sites for hydroxylation is 1. The van der Waals surface area contributed by atoms with Gasteiger partial charge in [0.25, 0.3) is 5.91 Å². The molecule has 6 heteroatoms. The molecule has 29 heavy (non-hydrogen) atoms. The molecule has 5 nitrogen and oxygen atoms in total. The van der Waals surface area contributed by atoms with Crippen molar-refractivity contribution in [3.05, 3.63) is 70.9 Å². The van der Waals surface area contributed by atoms with Crippen LogP contribution in [0.3, 0.4) is 0 Å². The Balaban J connectivity index is 1.45. The number of anilines is 2. The summed E-state index contributed by atoms with van der Waals surface area (Å²) in [5.74, 6) is 1.05. The third-order valence-corrected chi connectivity index (χ3v) is 5.54. The number of nitrogens with one attached hydrogen (secondary N) is 1. The summed E-state index contributed by atoms with van der Waals surface area (Å²) in [5, 5.41) is 3.63. The first kappa shape index (κ1) is 19.6. The minimum atomic E-state index is -0.182. The summed E-state index contributed by atoms with van der Waals surface area (Å²) < 4.78 is 5.79. The molecule has 0 spiro atoms. The van der Waals surface area contributed by atoms with Crippen LogP contribution >= 0.6 is 11.6 Å². The Kier molecular flexibility index (Phi) is 5.60. The van der Waals surface area contributed by atoms with Crippen molar-refractivity contribution in [1.82, 2.24) is 4.90 Å². The standard InChI is InChI=1S/C23H24ClN3O2/c1-16-21(15-22(29-16)17-3-5-18(24)6-4-17)23(28)25-19-7-9-20(10-8-19)27-13-11-26(2)12-14-27/h3-10,15H,11-14H2,1-2H3,(H,25,28). The molecule has 1 amide bonds. The average Bonchev–Trinajstić information content (AvgIpc) is 3.11. The van der Waals surface area contributed by atoms with E-state index in [-0.39, 0.29) is 5.91 Å². The number of amides is 1. The third-order valence-electron chi connectivity index (χ3n) is 5.28. The second kappa shape index (κ2) is 8.31. The molecule has 1 aliphatic heterocycles. The van der Waals surface area contributed by atoms with Gasteiger partial charge in [0.1, 0.15) is 11.5 Å². The highest BCUT2D eigenvalue weighted by atomic mass is 35.5. The fourth-order valence-corrected chi connectivity index (χ4v) is 3.61. The fourth-order valence-electron chi connectivity index (χ4n) is 3.48. The molecule has 0 saturated carbocycles. The largest absolute Gasteiger partial charge is 0.461 e. The van der Waals surface area contributed by atoms with Gasteiger partial charge in [0.05, 0.1) is 5.56 Å². The first-order valence-electron chi connectivity index (χ1n) is 9.71. The number of carbonyl (C=O) groups excluding carboxylic acids is 1. The van der Waals surface area contributed by atoms with Gasteiger partial charge in [-0.1, -0.05) is 11.6 Å². The van der Waals surface area contributed by atoms with Crippen LogP contribution in [0.15, 0.2) is 59.0 Å². The van der Waals surface area contributed by atoms with Crippen molar-refractivity contribution in [1.29, 1.82) is 0 Å². The smallest absolute Gasteiger partial charge is 0.259 e. The lowest BCUT2D eigenvalue weighted by atomic mass is 10.1. The summed E-state index contributed by atoms with van der Waals surface area (Å²) in [6, 6.07) is 17.1. The first-order chi connectivity index (χ1) is 14.0. The van der Waals surface area contributed by atoms with E-state index in [1.54, 1.807) is 25.1 Å². The fraction of sp³-hybridized carbons (Fsp3) is 0.261. The maximum absolute atomic E-state index is 12.7. The molecule has 1 saturated heterocycles. The molecule has 0 unspecified atom stereocenters. The summed E-state index contributed by atoms with van der Waals surface area (Å²) in [7, 11) is 2.15. The van der Waals surface area contributed by atoms with Crippen molar-refractivity contribution in [3.8, 4) is 11.3 Å². The van der Waals surface area contributed by atoms with E-state index >= 15 is 0 Å². The highest BCUT2D eigenvalue weighted by Gasteiger charge is 2.17. The van der Waals surface area contributed by atoms with E-state index in [0.29, 0.717) is 22.1 Å². The number of nitrogens with zero attached hydrogens (tertiary/aromatic N) is 2. The quantitative estimate of drug-likeness (QED) is 0.665. The highest BCUT2D eigenvalue weighted by molar-refractivity contribution is 6.30. The molecule has 0 atom stereocenters. The molecule has 2 aromatic carbocycles. The van der Waals surface area contributed by atoms with Gasteiger partial charge in [-0.15, -0.1) is 0 Å². The number of carbonyl (C=O) groups is 1. The second-order valence-electron chi connectivity index (χ2n) is 7.38. The van der Waals surface area contributed by atoms with Crippen LogP contribution in [0.25, 0.3) is 11.3 Å². The van der Waals surface area contributed by atoms with Gasteiger partial charge in [-0.3, -0.25) is 4.79 Å². The Hall–Kier alpha value is -2.76. The topological polar surface area (TPSA) is 48.7 Å². The average molecular weight is 410 g/mol. The van der Waals surface area contributed by atoms with Crippen LogP contribution < -0.4 is 10.2 Å². The molecule has 3 aromatic rings. The van der Waals surface area contributed by atoms with Crippen molar-refractivity contribution >= 4 is 28.9 Å². The minimum Gasteiger partial charge on any atom is -0.461 e. The Morgan fingerprint density at radius 2 is 1.66 bits per heavy atom. The van der Waals surface area contributed by atoms with E-state index in [2.05, 4.69) is 34.3 Å². The lowest BCUT2D eigenvalue weighted by Gasteiger charge is -2.34. The van der Waals surface area contributed by atoms with Gasteiger partial charge in [0, 0.05) is 48.1 Å². The maximum Gasteiger partial charge on any atom is 0.259 e.